The van der Waals surface area contributed by atoms with Crippen LogP contribution in [0.4, 0.5) is 22.0 Å². The van der Waals surface area contributed by atoms with Gasteiger partial charge in [0, 0.05) is 3.57 Å². The first-order valence-electron chi connectivity index (χ1n) is 4.19. The second-order valence-electron chi connectivity index (χ2n) is 3.00. The van der Waals surface area contributed by atoms with E-state index in [9.17, 15) is 22.0 Å². The highest BCUT2D eigenvalue weighted by Gasteiger charge is 2.36. The SMILES string of the molecule is N#CCc1cc(I)c(C(F)F)nc1C(F)(F)F. The lowest BCUT2D eigenvalue weighted by Crippen LogP contribution is -2.14. The summed E-state index contributed by atoms with van der Waals surface area (Å²) in [6.45, 7) is 0. The van der Waals surface area contributed by atoms with Crippen LogP contribution in [0.3, 0.4) is 0 Å². The summed E-state index contributed by atoms with van der Waals surface area (Å²) in [5.41, 5.74) is -2.73. The third-order valence-electron chi connectivity index (χ3n) is 1.83. The van der Waals surface area contributed by atoms with Gasteiger partial charge in [-0.3, -0.25) is 0 Å². The first kappa shape index (κ1) is 14.1. The number of nitrogens with zero attached hydrogens (tertiary/aromatic N) is 2. The van der Waals surface area contributed by atoms with Crippen LogP contribution >= 0.6 is 22.6 Å². The molecule has 0 aliphatic carbocycles. The largest absolute Gasteiger partial charge is 0.433 e. The molecule has 0 bridgehead atoms. The van der Waals surface area contributed by atoms with E-state index in [2.05, 4.69) is 4.98 Å². The molecule has 0 radical (unpaired) electrons. The summed E-state index contributed by atoms with van der Waals surface area (Å²) in [5, 5.41) is 8.38. The molecule has 92 valence electrons. The molecule has 17 heavy (non-hydrogen) atoms. The molecule has 1 rings (SSSR count). The van der Waals surface area contributed by atoms with Crippen molar-refractivity contribution in [3.8, 4) is 6.07 Å². The Hall–Kier alpha value is -0.980. The van der Waals surface area contributed by atoms with Gasteiger partial charge in [-0.05, 0) is 34.2 Å². The molecule has 0 atom stereocenters. The van der Waals surface area contributed by atoms with E-state index in [1.54, 1.807) is 6.07 Å². The van der Waals surface area contributed by atoms with Gasteiger partial charge in [-0.1, -0.05) is 0 Å². The maximum Gasteiger partial charge on any atom is 0.433 e. The second-order valence-corrected chi connectivity index (χ2v) is 4.16. The van der Waals surface area contributed by atoms with Crippen molar-refractivity contribution < 1.29 is 22.0 Å². The molecule has 0 spiro atoms. The zero-order valence-corrected chi connectivity index (χ0v) is 10.2. The van der Waals surface area contributed by atoms with Gasteiger partial charge in [-0.2, -0.15) is 18.4 Å². The van der Waals surface area contributed by atoms with Crippen LogP contribution in [0.5, 0.6) is 0 Å². The minimum absolute atomic E-state index is 0.0872. The van der Waals surface area contributed by atoms with Crippen molar-refractivity contribution in [1.29, 1.82) is 5.26 Å². The molecular formula is C9H4F5IN2. The van der Waals surface area contributed by atoms with Gasteiger partial charge in [0.25, 0.3) is 6.43 Å². The van der Waals surface area contributed by atoms with Crippen LogP contribution in [0.25, 0.3) is 0 Å². The van der Waals surface area contributed by atoms with Crippen LogP contribution in [0.15, 0.2) is 6.07 Å². The predicted molar refractivity (Wildman–Crippen MR) is 56.2 cm³/mol. The lowest BCUT2D eigenvalue weighted by atomic mass is 10.1. The van der Waals surface area contributed by atoms with Crippen LogP contribution in [-0.4, -0.2) is 4.98 Å². The molecule has 0 saturated heterocycles. The van der Waals surface area contributed by atoms with Gasteiger partial charge in [0.2, 0.25) is 0 Å². The van der Waals surface area contributed by atoms with Gasteiger partial charge < -0.3 is 0 Å². The van der Waals surface area contributed by atoms with Gasteiger partial charge in [0.05, 0.1) is 12.5 Å². The molecule has 8 heteroatoms. The minimum Gasteiger partial charge on any atom is -0.241 e. The Morgan fingerprint density at radius 2 is 2.00 bits per heavy atom. The van der Waals surface area contributed by atoms with Crippen molar-refractivity contribution in [2.24, 2.45) is 0 Å². The Balaban J connectivity index is 3.43. The maximum absolute atomic E-state index is 12.5. The summed E-state index contributed by atoms with van der Waals surface area (Å²) in [6.07, 6.45) is -8.46. The Labute approximate surface area is 107 Å². The highest BCUT2D eigenvalue weighted by atomic mass is 127. The van der Waals surface area contributed by atoms with E-state index in [0.29, 0.717) is 0 Å². The quantitative estimate of drug-likeness (QED) is 0.594. The number of nitriles is 1. The molecule has 0 fully saturated rings. The molecule has 0 unspecified atom stereocenters. The van der Waals surface area contributed by atoms with Crippen molar-refractivity contribution in [3.63, 3.8) is 0 Å². The summed E-state index contributed by atoms with van der Waals surface area (Å²) >= 11 is 1.47. The Morgan fingerprint density at radius 1 is 1.41 bits per heavy atom. The Bertz CT molecular complexity index is 464. The van der Waals surface area contributed by atoms with Crippen LogP contribution in [0.1, 0.15) is 23.4 Å². The highest BCUT2D eigenvalue weighted by Crippen LogP contribution is 2.34. The second kappa shape index (κ2) is 5.12. The monoisotopic (exact) mass is 362 g/mol. The van der Waals surface area contributed by atoms with E-state index < -0.39 is 36.0 Å². The number of pyridine rings is 1. The van der Waals surface area contributed by atoms with Gasteiger partial charge in [0.1, 0.15) is 11.4 Å². The molecule has 0 saturated carbocycles. The van der Waals surface area contributed by atoms with E-state index >= 15 is 0 Å². The molecule has 0 aromatic carbocycles. The van der Waals surface area contributed by atoms with Crippen molar-refractivity contribution in [2.45, 2.75) is 19.0 Å². The van der Waals surface area contributed by atoms with E-state index in [1.807, 2.05) is 0 Å². The summed E-state index contributed by atoms with van der Waals surface area (Å²) in [6, 6.07) is 2.46. The summed E-state index contributed by atoms with van der Waals surface area (Å²) in [5.74, 6) is 0. The molecule has 0 N–H and O–H groups in total. The topological polar surface area (TPSA) is 36.7 Å². The number of rotatable bonds is 2. The van der Waals surface area contributed by atoms with E-state index in [0.717, 1.165) is 6.07 Å². The number of aromatic nitrogens is 1. The van der Waals surface area contributed by atoms with Crippen LogP contribution < -0.4 is 0 Å². The van der Waals surface area contributed by atoms with E-state index in [1.165, 1.54) is 22.6 Å². The Kier molecular flexibility index (Phi) is 4.24. The van der Waals surface area contributed by atoms with Crippen molar-refractivity contribution >= 4 is 22.6 Å². The van der Waals surface area contributed by atoms with Crippen molar-refractivity contribution in [2.75, 3.05) is 0 Å². The fourth-order valence-corrected chi connectivity index (χ4v) is 1.89. The normalized spacial score (nSPS) is 11.6. The van der Waals surface area contributed by atoms with Crippen LogP contribution in [-0.2, 0) is 12.6 Å². The van der Waals surface area contributed by atoms with E-state index in [4.69, 9.17) is 5.26 Å². The molecule has 0 aliphatic heterocycles. The zero-order valence-electron chi connectivity index (χ0n) is 8.02. The molecule has 1 aromatic rings. The minimum atomic E-state index is -4.85. The average Bonchev–Trinajstić information content (AvgIpc) is 2.15. The smallest absolute Gasteiger partial charge is 0.241 e. The average molecular weight is 362 g/mol. The maximum atomic E-state index is 12.5. The molecule has 2 nitrogen and oxygen atoms in total. The number of halogens is 6. The first-order chi connectivity index (χ1) is 7.77. The summed E-state index contributed by atoms with van der Waals surface area (Å²) in [4.78, 5) is 2.93. The van der Waals surface area contributed by atoms with E-state index in [-0.39, 0.29) is 3.57 Å². The lowest BCUT2D eigenvalue weighted by Gasteiger charge is -2.13. The molecule has 0 amide bonds. The fourth-order valence-electron chi connectivity index (χ4n) is 1.16. The van der Waals surface area contributed by atoms with Crippen LogP contribution in [0, 0.1) is 14.9 Å². The van der Waals surface area contributed by atoms with Gasteiger partial charge in [-0.15, -0.1) is 0 Å². The number of alkyl halides is 5. The summed E-state index contributed by atoms with van der Waals surface area (Å²) < 4.78 is 62.3. The Morgan fingerprint density at radius 3 is 2.41 bits per heavy atom. The molecular weight excluding hydrogens is 358 g/mol. The molecule has 1 heterocycles. The standard InChI is InChI=1S/C9H4F5IN2/c10-8(11)6-5(15)3-4(1-2-16)7(17-6)9(12,13)14/h3,8H,1H2. The van der Waals surface area contributed by atoms with Gasteiger partial charge >= 0.3 is 6.18 Å². The first-order valence-corrected chi connectivity index (χ1v) is 5.27. The zero-order chi connectivity index (χ0) is 13.2. The third kappa shape index (κ3) is 3.24. The van der Waals surface area contributed by atoms with Crippen LogP contribution in [0.2, 0.25) is 0 Å². The third-order valence-corrected chi connectivity index (χ3v) is 2.69. The fraction of sp³-hybridized carbons (Fsp3) is 0.333. The van der Waals surface area contributed by atoms with Crippen molar-refractivity contribution in [3.05, 3.63) is 26.6 Å². The highest BCUT2D eigenvalue weighted by molar-refractivity contribution is 14.1. The summed E-state index contributed by atoms with van der Waals surface area (Å²) in [7, 11) is 0. The van der Waals surface area contributed by atoms with Gasteiger partial charge in [0.15, 0.2) is 0 Å². The molecule has 1 aromatic heterocycles. The lowest BCUT2D eigenvalue weighted by molar-refractivity contribution is -0.142. The number of hydrogen-bond donors (Lipinski definition) is 0. The molecule has 0 aliphatic rings. The van der Waals surface area contributed by atoms with Crippen molar-refractivity contribution in [1.82, 2.24) is 4.98 Å². The van der Waals surface area contributed by atoms with Gasteiger partial charge in [-0.25, -0.2) is 13.8 Å². The predicted octanol–water partition coefficient (Wildman–Crippen LogP) is 3.71. The number of hydrogen-bond acceptors (Lipinski definition) is 2.